The zero-order chi connectivity index (χ0) is 18.6. The predicted octanol–water partition coefficient (Wildman–Crippen LogP) is 3.04. The van der Waals surface area contributed by atoms with Gasteiger partial charge in [-0.2, -0.15) is 20.7 Å². The molecule has 7 heteroatoms. The molecule has 0 fully saturated rings. The lowest BCUT2D eigenvalue weighted by Crippen LogP contribution is -2.28. The molecule has 0 aliphatic carbocycles. The molecule has 0 radical (unpaired) electrons. The van der Waals surface area contributed by atoms with Crippen LogP contribution >= 0.6 is 12.2 Å². The maximum atomic E-state index is 9.21. The van der Waals surface area contributed by atoms with Crippen molar-refractivity contribution in [2.45, 2.75) is 11.8 Å². The zero-order valence-corrected chi connectivity index (χ0v) is 14.6. The maximum Gasteiger partial charge on any atom is 0.207 e. The summed E-state index contributed by atoms with van der Waals surface area (Å²) in [5.74, 6) is -0.952. The molecule has 2 N–H and O–H groups in total. The van der Waals surface area contributed by atoms with Crippen LogP contribution in [0.3, 0.4) is 0 Å². The highest BCUT2D eigenvalue weighted by Crippen LogP contribution is 2.12. The van der Waals surface area contributed by atoms with Crippen molar-refractivity contribution in [2.24, 2.45) is 10.2 Å². The summed E-state index contributed by atoms with van der Waals surface area (Å²) in [6, 6.07) is 22.9. The number of rotatable bonds is 6. The van der Waals surface area contributed by atoms with Gasteiger partial charge < -0.3 is 0 Å². The smallest absolute Gasteiger partial charge is 0.207 e. The fourth-order valence-corrected chi connectivity index (χ4v) is 2.18. The number of hydrogen-bond donors (Lipinski definition) is 2. The summed E-state index contributed by atoms with van der Waals surface area (Å²) in [5.41, 5.74) is 6.87. The van der Waals surface area contributed by atoms with E-state index in [1.54, 1.807) is 0 Å². The van der Waals surface area contributed by atoms with Crippen molar-refractivity contribution >= 4 is 29.8 Å². The van der Waals surface area contributed by atoms with Crippen molar-refractivity contribution in [3.8, 4) is 12.1 Å². The Balaban J connectivity index is 1.85. The summed E-state index contributed by atoms with van der Waals surface area (Å²) in [6.45, 7) is 0. The minimum atomic E-state index is -0.476. The van der Waals surface area contributed by atoms with Gasteiger partial charge in [0.15, 0.2) is 0 Å². The van der Waals surface area contributed by atoms with E-state index < -0.39 is 11.8 Å². The van der Waals surface area contributed by atoms with Gasteiger partial charge in [-0.25, -0.2) is 0 Å². The monoisotopic (exact) mass is 360 g/mol. The number of hydrazone groups is 2. The molecule has 2 atom stereocenters. The van der Waals surface area contributed by atoms with E-state index in [0.717, 1.165) is 11.1 Å². The topological polar surface area (TPSA) is 96.4 Å². The summed E-state index contributed by atoms with van der Waals surface area (Å²) in [7, 11) is 0. The fraction of sp³-hybridized carbons (Fsp3) is 0.105. The van der Waals surface area contributed by atoms with Crippen molar-refractivity contribution in [1.29, 1.82) is 10.5 Å². The first-order valence-electron chi connectivity index (χ1n) is 7.76. The summed E-state index contributed by atoms with van der Waals surface area (Å²) >= 11 is 5.05. The molecular formula is C19H16N6S. The van der Waals surface area contributed by atoms with E-state index in [2.05, 4.69) is 33.2 Å². The minimum absolute atomic E-state index is 0.159. The summed E-state index contributed by atoms with van der Waals surface area (Å²) in [4.78, 5) is 0. The molecule has 6 nitrogen and oxygen atoms in total. The van der Waals surface area contributed by atoms with Crippen LogP contribution in [0.4, 0.5) is 0 Å². The first-order chi connectivity index (χ1) is 12.7. The quantitative estimate of drug-likeness (QED) is 0.469. The molecule has 2 aromatic carbocycles. The van der Waals surface area contributed by atoms with Crippen LogP contribution in [0.1, 0.15) is 23.0 Å². The van der Waals surface area contributed by atoms with E-state index in [0.29, 0.717) is 0 Å². The second kappa shape index (κ2) is 10.3. The molecular weight excluding hydrogens is 344 g/mol. The number of nitrogens with one attached hydrogen (secondary N) is 2. The zero-order valence-electron chi connectivity index (χ0n) is 13.8. The van der Waals surface area contributed by atoms with Crippen LogP contribution in [-0.4, -0.2) is 17.5 Å². The van der Waals surface area contributed by atoms with Crippen LogP contribution in [0.25, 0.3) is 0 Å². The average Bonchev–Trinajstić information content (AvgIpc) is 2.70. The van der Waals surface area contributed by atoms with Gasteiger partial charge in [-0.3, -0.25) is 10.9 Å². The van der Waals surface area contributed by atoms with E-state index in [-0.39, 0.29) is 5.11 Å². The molecule has 2 rings (SSSR count). The second-order valence-electron chi connectivity index (χ2n) is 5.14. The van der Waals surface area contributed by atoms with E-state index in [4.69, 9.17) is 12.2 Å². The summed E-state index contributed by atoms with van der Waals surface area (Å²) < 4.78 is 0. The fourth-order valence-electron chi connectivity index (χ4n) is 2.07. The molecule has 0 aromatic heterocycles. The molecule has 26 heavy (non-hydrogen) atoms. The highest BCUT2D eigenvalue weighted by Gasteiger charge is 2.07. The molecule has 0 saturated heterocycles. The van der Waals surface area contributed by atoms with Gasteiger partial charge in [0.05, 0.1) is 12.1 Å². The molecule has 0 saturated carbocycles. The van der Waals surface area contributed by atoms with Crippen molar-refractivity contribution < 1.29 is 0 Å². The van der Waals surface area contributed by atoms with Crippen LogP contribution in [0.5, 0.6) is 0 Å². The predicted molar refractivity (Wildman–Crippen MR) is 105 cm³/mol. The molecule has 128 valence electrons. The largest absolute Gasteiger partial charge is 0.253 e. The molecule has 0 spiro atoms. The van der Waals surface area contributed by atoms with Crippen molar-refractivity contribution in [3.05, 3.63) is 71.8 Å². The Morgan fingerprint density at radius 2 is 1.19 bits per heavy atom. The molecule has 0 aliphatic rings. The standard InChI is InChI=1S/C19H16N6S/c20-11-17(15-7-3-1-4-8-15)13-22-24-19(26)25-23-14-18(12-21)16-9-5-2-6-10-16/h1-10,13-14,17-18H,(H2,24,25,26)/b22-13+,23-14+. The Morgan fingerprint density at radius 1 is 0.808 bits per heavy atom. The number of hydrogen-bond acceptors (Lipinski definition) is 5. The number of nitrogens with zero attached hydrogens (tertiary/aromatic N) is 4. The third-order valence-electron chi connectivity index (χ3n) is 3.37. The lowest BCUT2D eigenvalue weighted by Gasteiger charge is -2.05. The van der Waals surface area contributed by atoms with Crippen molar-refractivity contribution in [2.75, 3.05) is 0 Å². The third-order valence-corrected chi connectivity index (χ3v) is 3.56. The van der Waals surface area contributed by atoms with Crippen LogP contribution in [0, 0.1) is 22.7 Å². The summed E-state index contributed by atoms with van der Waals surface area (Å²) in [5, 5.41) is 26.5. The van der Waals surface area contributed by atoms with Gasteiger partial charge in [-0.15, -0.1) is 0 Å². The Morgan fingerprint density at radius 3 is 1.54 bits per heavy atom. The Labute approximate surface area is 157 Å². The van der Waals surface area contributed by atoms with Crippen LogP contribution < -0.4 is 10.9 Å². The third kappa shape index (κ3) is 5.82. The number of benzene rings is 2. The first-order valence-corrected chi connectivity index (χ1v) is 8.17. The Bertz CT molecular complexity index is 778. The van der Waals surface area contributed by atoms with E-state index in [1.165, 1.54) is 12.4 Å². The number of thiocarbonyl (C=S) groups is 1. The highest BCUT2D eigenvalue weighted by molar-refractivity contribution is 7.80. The molecule has 0 heterocycles. The Kier molecular flexibility index (Phi) is 7.47. The molecule has 2 aromatic rings. The van der Waals surface area contributed by atoms with Gasteiger partial charge in [-0.05, 0) is 23.3 Å². The van der Waals surface area contributed by atoms with E-state index in [9.17, 15) is 10.5 Å². The van der Waals surface area contributed by atoms with Gasteiger partial charge in [0, 0.05) is 12.4 Å². The normalized spacial score (nSPS) is 12.8. The van der Waals surface area contributed by atoms with E-state index >= 15 is 0 Å². The van der Waals surface area contributed by atoms with Gasteiger partial charge in [0.1, 0.15) is 11.8 Å². The first kappa shape index (κ1) is 18.8. The molecule has 0 bridgehead atoms. The van der Waals surface area contributed by atoms with E-state index in [1.807, 2.05) is 60.7 Å². The van der Waals surface area contributed by atoms with Gasteiger partial charge in [0.25, 0.3) is 0 Å². The average molecular weight is 360 g/mol. The van der Waals surface area contributed by atoms with Crippen LogP contribution in [0.2, 0.25) is 0 Å². The minimum Gasteiger partial charge on any atom is -0.253 e. The van der Waals surface area contributed by atoms with Gasteiger partial charge >= 0.3 is 0 Å². The molecule has 0 amide bonds. The van der Waals surface area contributed by atoms with Crippen molar-refractivity contribution in [3.63, 3.8) is 0 Å². The second-order valence-corrected chi connectivity index (χ2v) is 5.55. The van der Waals surface area contributed by atoms with Gasteiger partial charge in [-0.1, -0.05) is 60.7 Å². The Hall–Kier alpha value is -3.55. The van der Waals surface area contributed by atoms with Gasteiger partial charge in [0.2, 0.25) is 5.11 Å². The van der Waals surface area contributed by atoms with Crippen LogP contribution in [0.15, 0.2) is 70.9 Å². The number of nitriles is 2. The lowest BCUT2D eigenvalue weighted by molar-refractivity contribution is 0.921. The van der Waals surface area contributed by atoms with Crippen LogP contribution in [-0.2, 0) is 0 Å². The summed E-state index contributed by atoms with van der Waals surface area (Å²) in [6.07, 6.45) is 2.93. The SMILES string of the molecule is N#CC(/C=N/NC(=S)N/N=C/C(C#N)c1ccccc1)c1ccccc1. The molecule has 0 aliphatic heterocycles. The maximum absolute atomic E-state index is 9.21. The highest BCUT2D eigenvalue weighted by atomic mass is 32.1. The lowest BCUT2D eigenvalue weighted by atomic mass is 10.0. The molecule has 2 unspecified atom stereocenters. The van der Waals surface area contributed by atoms with Crippen molar-refractivity contribution in [1.82, 2.24) is 10.9 Å².